The van der Waals surface area contributed by atoms with Crippen molar-refractivity contribution in [2.45, 2.75) is 33.4 Å². The molecule has 0 saturated heterocycles. The molecule has 1 rings (SSSR count). The predicted octanol–water partition coefficient (Wildman–Crippen LogP) is 2.14. The van der Waals surface area contributed by atoms with E-state index in [-0.39, 0.29) is 0 Å². The van der Waals surface area contributed by atoms with Crippen LogP contribution >= 0.6 is 0 Å². The van der Waals surface area contributed by atoms with Crippen LogP contribution in [0.25, 0.3) is 0 Å². The fourth-order valence-electron chi connectivity index (χ4n) is 1.21. The summed E-state index contributed by atoms with van der Waals surface area (Å²) in [6.45, 7) is 7.05. The van der Waals surface area contributed by atoms with Crippen LogP contribution < -0.4 is 11.1 Å². The number of guanidine groups is 1. The van der Waals surface area contributed by atoms with Crippen LogP contribution in [0.2, 0.25) is 0 Å². The minimum Gasteiger partial charge on any atom is -0.370 e. The number of nitrogens with one attached hydrogen (secondary N) is 1. The molecule has 1 aromatic rings. The molecule has 0 fully saturated rings. The Bertz CT molecular complexity index is 330. The van der Waals surface area contributed by atoms with E-state index in [1.807, 2.05) is 30.3 Å². The molecule has 0 saturated carbocycles. The van der Waals surface area contributed by atoms with E-state index in [1.54, 1.807) is 0 Å². The Morgan fingerprint density at radius 1 is 1.25 bits per heavy atom. The van der Waals surface area contributed by atoms with Crippen LogP contribution in [0.1, 0.15) is 26.3 Å². The fraction of sp³-hybridized carbons (Fsp3) is 0.462. The monoisotopic (exact) mass is 219 g/mol. The van der Waals surface area contributed by atoms with Gasteiger partial charge in [-0.3, -0.25) is 0 Å². The molecule has 0 aliphatic rings. The van der Waals surface area contributed by atoms with Gasteiger partial charge in [0.25, 0.3) is 0 Å². The SMILES string of the molecule is CC(C)C(C)NC(N)=NCc1ccccc1. The maximum absolute atomic E-state index is 5.80. The lowest BCUT2D eigenvalue weighted by Crippen LogP contribution is -2.41. The van der Waals surface area contributed by atoms with E-state index in [0.717, 1.165) is 0 Å². The Hall–Kier alpha value is -1.51. The van der Waals surface area contributed by atoms with Crippen molar-refractivity contribution in [2.24, 2.45) is 16.6 Å². The molecule has 16 heavy (non-hydrogen) atoms. The van der Waals surface area contributed by atoms with Gasteiger partial charge in [0.15, 0.2) is 5.96 Å². The Kier molecular flexibility index (Phi) is 4.83. The average molecular weight is 219 g/mol. The lowest BCUT2D eigenvalue weighted by Gasteiger charge is -2.17. The Labute approximate surface area is 97.8 Å². The molecular weight excluding hydrogens is 198 g/mol. The molecule has 1 aromatic carbocycles. The summed E-state index contributed by atoms with van der Waals surface area (Å²) >= 11 is 0. The molecule has 1 atom stereocenters. The van der Waals surface area contributed by atoms with E-state index in [9.17, 15) is 0 Å². The highest BCUT2D eigenvalue weighted by Crippen LogP contribution is 2.01. The quantitative estimate of drug-likeness (QED) is 0.602. The highest BCUT2D eigenvalue weighted by atomic mass is 15.1. The maximum Gasteiger partial charge on any atom is 0.189 e. The van der Waals surface area contributed by atoms with Gasteiger partial charge in [0.05, 0.1) is 6.54 Å². The standard InChI is InChI=1S/C13H21N3/c1-10(2)11(3)16-13(14)15-9-12-7-5-4-6-8-12/h4-8,10-11H,9H2,1-3H3,(H3,14,15,16). The Morgan fingerprint density at radius 2 is 1.88 bits per heavy atom. The molecule has 0 bridgehead atoms. The minimum absolute atomic E-state index is 0.347. The van der Waals surface area contributed by atoms with Crippen LogP contribution in [-0.2, 0) is 6.54 Å². The topological polar surface area (TPSA) is 50.4 Å². The van der Waals surface area contributed by atoms with Crippen molar-refractivity contribution in [3.8, 4) is 0 Å². The first-order valence-electron chi connectivity index (χ1n) is 5.70. The largest absolute Gasteiger partial charge is 0.370 e. The number of nitrogens with two attached hydrogens (primary N) is 1. The van der Waals surface area contributed by atoms with Crippen molar-refractivity contribution in [2.75, 3.05) is 0 Å². The van der Waals surface area contributed by atoms with Crippen molar-refractivity contribution >= 4 is 5.96 Å². The van der Waals surface area contributed by atoms with Gasteiger partial charge in [0.1, 0.15) is 0 Å². The van der Waals surface area contributed by atoms with Gasteiger partial charge in [-0.25, -0.2) is 4.99 Å². The summed E-state index contributed by atoms with van der Waals surface area (Å²) in [6, 6.07) is 10.4. The summed E-state index contributed by atoms with van der Waals surface area (Å²) in [5, 5.41) is 3.18. The van der Waals surface area contributed by atoms with Crippen LogP contribution in [0, 0.1) is 5.92 Å². The Morgan fingerprint density at radius 3 is 2.44 bits per heavy atom. The summed E-state index contributed by atoms with van der Waals surface area (Å²) in [4.78, 5) is 4.30. The van der Waals surface area contributed by atoms with Crippen LogP contribution in [0.5, 0.6) is 0 Å². The van der Waals surface area contributed by atoms with Crippen molar-refractivity contribution < 1.29 is 0 Å². The smallest absolute Gasteiger partial charge is 0.189 e. The maximum atomic E-state index is 5.80. The van der Waals surface area contributed by atoms with Crippen LogP contribution in [0.15, 0.2) is 35.3 Å². The molecule has 3 N–H and O–H groups in total. The van der Waals surface area contributed by atoms with Gasteiger partial charge in [-0.05, 0) is 18.4 Å². The van der Waals surface area contributed by atoms with Gasteiger partial charge in [-0.2, -0.15) is 0 Å². The number of benzene rings is 1. The van der Waals surface area contributed by atoms with Crippen molar-refractivity contribution in [3.63, 3.8) is 0 Å². The first kappa shape index (κ1) is 12.6. The van der Waals surface area contributed by atoms with E-state index in [2.05, 4.69) is 31.1 Å². The van der Waals surface area contributed by atoms with E-state index >= 15 is 0 Å². The minimum atomic E-state index is 0.347. The number of rotatable bonds is 4. The summed E-state index contributed by atoms with van der Waals surface area (Å²) in [7, 11) is 0. The van der Waals surface area contributed by atoms with Crippen molar-refractivity contribution in [3.05, 3.63) is 35.9 Å². The molecule has 0 aliphatic carbocycles. The second-order valence-corrected chi connectivity index (χ2v) is 4.36. The second kappa shape index (κ2) is 6.16. The molecule has 0 radical (unpaired) electrons. The molecule has 3 heteroatoms. The van der Waals surface area contributed by atoms with E-state index in [1.165, 1.54) is 5.56 Å². The van der Waals surface area contributed by atoms with Gasteiger partial charge in [-0.15, -0.1) is 0 Å². The van der Waals surface area contributed by atoms with Crippen LogP contribution in [0.3, 0.4) is 0 Å². The molecule has 88 valence electrons. The summed E-state index contributed by atoms with van der Waals surface area (Å²) in [5.74, 6) is 1.07. The predicted molar refractivity (Wildman–Crippen MR) is 69.2 cm³/mol. The van der Waals surface area contributed by atoms with Crippen LogP contribution in [-0.4, -0.2) is 12.0 Å². The zero-order valence-corrected chi connectivity index (χ0v) is 10.3. The molecule has 0 aromatic heterocycles. The Balaban J connectivity index is 2.46. The molecule has 0 aliphatic heterocycles. The first-order chi connectivity index (χ1) is 7.59. The number of hydrogen-bond donors (Lipinski definition) is 2. The summed E-state index contributed by atoms with van der Waals surface area (Å²) < 4.78 is 0. The highest BCUT2D eigenvalue weighted by molar-refractivity contribution is 5.78. The third kappa shape index (κ3) is 4.34. The molecule has 0 spiro atoms. The highest BCUT2D eigenvalue weighted by Gasteiger charge is 2.06. The molecule has 0 heterocycles. The second-order valence-electron chi connectivity index (χ2n) is 4.36. The third-order valence-electron chi connectivity index (χ3n) is 2.65. The van der Waals surface area contributed by atoms with Crippen molar-refractivity contribution in [1.82, 2.24) is 5.32 Å². The van der Waals surface area contributed by atoms with E-state index in [0.29, 0.717) is 24.5 Å². The summed E-state index contributed by atoms with van der Waals surface area (Å²) in [5.41, 5.74) is 6.97. The molecule has 1 unspecified atom stereocenters. The van der Waals surface area contributed by atoms with E-state index in [4.69, 9.17) is 5.73 Å². The zero-order chi connectivity index (χ0) is 12.0. The molecule has 0 amide bonds. The third-order valence-corrected chi connectivity index (χ3v) is 2.65. The lowest BCUT2D eigenvalue weighted by atomic mass is 10.1. The normalized spacial score (nSPS) is 13.9. The van der Waals surface area contributed by atoms with Gasteiger partial charge >= 0.3 is 0 Å². The van der Waals surface area contributed by atoms with Crippen molar-refractivity contribution in [1.29, 1.82) is 0 Å². The number of nitrogens with zero attached hydrogens (tertiary/aromatic N) is 1. The first-order valence-corrected chi connectivity index (χ1v) is 5.70. The molecule has 3 nitrogen and oxygen atoms in total. The zero-order valence-electron chi connectivity index (χ0n) is 10.3. The van der Waals surface area contributed by atoms with Gasteiger partial charge in [-0.1, -0.05) is 44.2 Å². The van der Waals surface area contributed by atoms with Gasteiger partial charge < -0.3 is 11.1 Å². The summed E-state index contributed by atoms with van der Waals surface area (Å²) in [6.07, 6.45) is 0. The number of hydrogen-bond acceptors (Lipinski definition) is 1. The lowest BCUT2D eigenvalue weighted by molar-refractivity contribution is 0.485. The van der Waals surface area contributed by atoms with Gasteiger partial charge in [0.2, 0.25) is 0 Å². The fourth-order valence-corrected chi connectivity index (χ4v) is 1.21. The van der Waals surface area contributed by atoms with E-state index < -0.39 is 0 Å². The molecular formula is C13H21N3. The average Bonchev–Trinajstić information content (AvgIpc) is 2.27. The number of aliphatic imine (C=N–C) groups is 1. The van der Waals surface area contributed by atoms with Gasteiger partial charge in [0, 0.05) is 6.04 Å². The van der Waals surface area contributed by atoms with Crippen LogP contribution in [0.4, 0.5) is 0 Å².